The van der Waals surface area contributed by atoms with E-state index in [4.69, 9.17) is 11.6 Å². The number of rotatable bonds is 3. The summed E-state index contributed by atoms with van der Waals surface area (Å²) in [4.78, 5) is 25.1. The first-order valence-corrected chi connectivity index (χ1v) is 8.10. The van der Waals surface area contributed by atoms with Gasteiger partial charge in [-0.1, -0.05) is 23.7 Å². The minimum Gasteiger partial charge on any atom is -0.350 e. The van der Waals surface area contributed by atoms with E-state index in [1.807, 2.05) is 6.92 Å². The molecule has 0 saturated carbocycles. The minimum absolute atomic E-state index is 0.0265. The van der Waals surface area contributed by atoms with Crippen LogP contribution in [0.4, 0.5) is 4.39 Å². The summed E-state index contributed by atoms with van der Waals surface area (Å²) in [6, 6.07) is 10.7. The maximum atomic E-state index is 13.5. The van der Waals surface area contributed by atoms with Crippen molar-refractivity contribution in [3.05, 3.63) is 80.9 Å². The first kappa shape index (κ1) is 17.2. The van der Waals surface area contributed by atoms with Crippen molar-refractivity contribution < 1.29 is 9.18 Å². The number of aromatic nitrogens is 1. The summed E-state index contributed by atoms with van der Waals surface area (Å²) in [6.45, 7) is 1.81. The molecule has 0 aliphatic heterocycles. The Morgan fingerprint density at radius 3 is 2.56 bits per heavy atom. The fourth-order valence-corrected chi connectivity index (χ4v) is 2.86. The molecule has 3 rings (SSSR count). The van der Waals surface area contributed by atoms with E-state index in [9.17, 15) is 14.0 Å². The van der Waals surface area contributed by atoms with Crippen LogP contribution in [0.2, 0.25) is 5.02 Å². The Kier molecular flexibility index (Phi) is 4.59. The number of aryl methyl sites for hydroxylation is 1. The fourth-order valence-electron chi connectivity index (χ4n) is 2.74. The Balaban J connectivity index is 1.95. The van der Waals surface area contributed by atoms with Crippen LogP contribution in [-0.4, -0.2) is 10.5 Å². The number of carbonyl (C=O) groups excluding carboxylic acids is 1. The Hall–Kier alpha value is -2.66. The van der Waals surface area contributed by atoms with E-state index in [2.05, 4.69) is 5.32 Å². The van der Waals surface area contributed by atoms with Gasteiger partial charge in [0, 0.05) is 23.7 Å². The van der Waals surface area contributed by atoms with E-state index in [0.29, 0.717) is 10.5 Å². The second kappa shape index (κ2) is 6.69. The van der Waals surface area contributed by atoms with Crippen LogP contribution in [0.3, 0.4) is 0 Å². The monoisotopic (exact) mass is 358 g/mol. The van der Waals surface area contributed by atoms with Crippen LogP contribution >= 0.6 is 11.6 Å². The van der Waals surface area contributed by atoms with Gasteiger partial charge in [-0.2, -0.15) is 0 Å². The molecule has 0 fully saturated rings. The zero-order valence-corrected chi connectivity index (χ0v) is 14.5. The van der Waals surface area contributed by atoms with Crippen molar-refractivity contribution in [3.8, 4) is 0 Å². The number of halogens is 2. The van der Waals surface area contributed by atoms with E-state index in [0.717, 1.165) is 11.6 Å². The molecular formula is C19H16ClFN2O2. The maximum absolute atomic E-state index is 13.5. The van der Waals surface area contributed by atoms with Gasteiger partial charge in [-0.3, -0.25) is 9.59 Å². The van der Waals surface area contributed by atoms with Gasteiger partial charge in [0.05, 0.1) is 11.6 Å². The van der Waals surface area contributed by atoms with Crippen molar-refractivity contribution >= 4 is 28.4 Å². The Bertz CT molecular complexity index is 1010. The average Bonchev–Trinajstić information content (AvgIpc) is 2.58. The summed E-state index contributed by atoms with van der Waals surface area (Å²) >= 11 is 5.86. The Morgan fingerprint density at radius 1 is 1.20 bits per heavy atom. The SMILES string of the molecule is C[C@H](NC(=O)c1cn(C)c2ccc(F)cc2c1=O)c1ccc(Cl)cc1. The molecule has 1 amide bonds. The number of nitrogens with zero attached hydrogens (tertiary/aromatic N) is 1. The third-order valence-electron chi connectivity index (χ3n) is 4.11. The van der Waals surface area contributed by atoms with Crippen LogP contribution in [0.1, 0.15) is 28.9 Å². The van der Waals surface area contributed by atoms with Crippen LogP contribution in [-0.2, 0) is 7.05 Å². The highest BCUT2D eigenvalue weighted by atomic mass is 35.5. The highest BCUT2D eigenvalue weighted by Gasteiger charge is 2.17. The van der Waals surface area contributed by atoms with E-state index in [-0.39, 0.29) is 17.0 Å². The number of benzene rings is 2. The lowest BCUT2D eigenvalue weighted by molar-refractivity contribution is 0.0938. The van der Waals surface area contributed by atoms with Crippen LogP contribution < -0.4 is 10.7 Å². The lowest BCUT2D eigenvalue weighted by atomic mass is 10.1. The molecule has 25 heavy (non-hydrogen) atoms. The van der Waals surface area contributed by atoms with Gasteiger partial charge in [-0.05, 0) is 42.8 Å². The van der Waals surface area contributed by atoms with Crippen molar-refractivity contribution in [1.29, 1.82) is 0 Å². The van der Waals surface area contributed by atoms with Crippen LogP contribution in [0.15, 0.2) is 53.5 Å². The molecule has 0 spiro atoms. The van der Waals surface area contributed by atoms with Gasteiger partial charge in [0.2, 0.25) is 5.43 Å². The van der Waals surface area contributed by atoms with Crippen molar-refractivity contribution in [2.24, 2.45) is 7.05 Å². The minimum atomic E-state index is -0.517. The third kappa shape index (κ3) is 3.42. The molecule has 128 valence electrons. The number of hydrogen-bond acceptors (Lipinski definition) is 2. The van der Waals surface area contributed by atoms with Crippen LogP contribution in [0.5, 0.6) is 0 Å². The molecule has 1 N–H and O–H groups in total. The molecule has 1 aromatic heterocycles. The van der Waals surface area contributed by atoms with Gasteiger partial charge < -0.3 is 9.88 Å². The Morgan fingerprint density at radius 2 is 1.88 bits per heavy atom. The number of amides is 1. The van der Waals surface area contributed by atoms with Crippen molar-refractivity contribution in [2.75, 3.05) is 0 Å². The number of fused-ring (bicyclic) bond motifs is 1. The molecule has 2 aromatic carbocycles. The van der Waals surface area contributed by atoms with E-state index >= 15 is 0 Å². The molecule has 3 aromatic rings. The molecule has 1 heterocycles. The summed E-state index contributed by atoms with van der Waals surface area (Å²) in [7, 11) is 1.71. The van der Waals surface area contributed by atoms with E-state index in [1.54, 1.807) is 35.9 Å². The zero-order chi connectivity index (χ0) is 18.1. The molecule has 4 nitrogen and oxygen atoms in total. The lowest BCUT2D eigenvalue weighted by Crippen LogP contribution is -2.31. The van der Waals surface area contributed by atoms with Crippen LogP contribution in [0, 0.1) is 5.82 Å². The van der Waals surface area contributed by atoms with Gasteiger partial charge in [0.15, 0.2) is 0 Å². The number of pyridine rings is 1. The predicted octanol–water partition coefficient (Wildman–Crippen LogP) is 3.82. The summed E-state index contributed by atoms with van der Waals surface area (Å²) in [6.07, 6.45) is 1.46. The summed E-state index contributed by atoms with van der Waals surface area (Å²) < 4.78 is 15.1. The molecule has 0 bridgehead atoms. The highest BCUT2D eigenvalue weighted by molar-refractivity contribution is 6.30. The molecule has 0 unspecified atom stereocenters. The van der Waals surface area contributed by atoms with Gasteiger partial charge in [-0.25, -0.2) is 4.39 Å². The molecule has 1 atom stereocenters. The second-order valence-corrected chi connectivity index (χ2v) is 6.33. The van der Waals surface area contributed by atoms with E-state index < -0.39 is 17.2 Å². The third-order valence-corrected chi connectivity index (χ3v) is 4.36. The smallest absolute Gasteiger partial charge is 0.257 e. The number of carbonyl (C=O) groups is 1. The summed E-state index contributed by atoms with van der Waals surface area (Å²) in [5.41, 5.74) is 0.907. The van der Waals surface area contributed by atoms with Gasteiger partial charge in [0.1, 0.15) is 11.4 Å². The normalized spacial score (nSPS) is 12.2. The summed E-state index contributed by atoms with van der Waals surface area (Å²) in [5, 5.41) is 3.57. The van der Waals surface area contributed by atoms with Crippen molar-refractivity contribution in [2.45, 2.75) is 13.0 Å². The fraction of sp³-hybridized carbons (Fsp3) is 0.158. The quantitative estimate of drug-likeness (QED) is 0.773. The molecule has 6 heteroatoms. The Labute approximate surface area is 148 Å². The largest absolute Gasteiger partial charge is 0.350 e. The van der Waals surface area contributed by atoms with Gasteiger partial charge in [0.25, 0.3) is 5.91 Å². The number of nitrogens with one attached hydrogen (secondary N) is 1. The maximum Gasteiger partial charge on any atom is 0.257 e. The van der Waals surface area contributed by atoms with Gasteiger partial charge >= 0.3 is 0 Å². The molecule has 0 radical (unpaired) electrons. The first-order chi connectivity index (χ1) is 11.9. The second-order valence-electron chi connectivity index (χ2n) is 5.89. The lowest BCUT2D eigenvalue weighted by Gasteiger charge is -2.15. The standard InChI is InChI=1S/C19H16ClFN2O2/c1-11(12-3-5-13(20)6-4-12)22-19(25)16-10-23(2)17-8-7-14(21)9-15(17)18(16)24/h3-11H,1-2H3,(H,22,25)/t11-/m0/s1. The van der Waals surface area contributed by atoms with E-state index in [1.165, 1.54) is 18.3 Å². The van der Waals surface area contributed by atoms with Crippen LogP contribution in [0.25, 0.3) is 10.9 Å². The zero-order valence-electron chi connectivity index (χ0n) is 13.7. The summed E-state index contributed by atoms with van der Waals surface area (Å²) in [5.74, 6) is -1.02. The first-order valence-electron chi connectivity index (χ1n) is 7.72. The van der Waals surface area contributed by atoms with Crippen molar-refractivity contribution in [3.63, 3.8) is 0 Å². The average molecular weight is 359 g/mol. The molecule has 0 aliphatic rings. The van der Waals surface area contributed by atoms with Gasteiger partial charge in [-0.15, -0.1) is 0 Å². The molecule has 0 aliphatic carbocycles. The molecule has 0 saturated heterocycles. The number of hydrogen-bond donors (Lipinski definition) is 1. The predicted molar refractivity (Wildman–Crippen MR) is 96.5 cm³/mol. The highest BCUT2D eigenvalue weighted by Crippen LogP contribution is 2.17. The molecular weight excluding hydrogens is 343 g/mol. The topological polar surface area (TPSA) is 51.1 Å². The van der Waals surface area contributed by atoms with Crippen molar-refractivity contribution in [1.82, 2.24) is 9.88 Å².